The first-order valence-electron chi connectivity index (χ1n) is 4.65. The number of ether oxygens (including phenoxy) is 1. The number of carbonyl (C=O) groups is 1. The average molecular weight is 209 g/mol. The van der Waals surface area contributed by atoms with Crippen molar-refractivity contribution in [3.63, 3.8) is 0 Å². The quantitative estimate of drug-likeness (QED) is 0.739. The van der Waals surface area contributed by atoms with Crippen LogP contribution < -0.4 is 4.90 Å². The molecule has 1 fully saturated rings. The Kier molecular flexibility index (Phi) is 2.77. The van der Waals surface area contributed by atoms with E-state index < -0.39 is 5.97 Å². The Labute approximate surface area is 86.5 Å². The van der Waals surface area contributed by atoms with Gasteiger partial charge in [-0.25, -0.2) is 14.8 Å². The van der Waals surface area contributed by atoms with Crippen molar-refractivity contribution >= 4 is 11.7 Å². The van der Waals surface area contributed by atoms with Crippen molar-refractivity contribution < 1.29 is 14.6 Å². The number of rotatable bonds is 2. The number of morpholine rings is 1. The van der Waals surface area contributed by atoms with Gasteiger partial charge in [-0.05, 0) is 0 Å². The summed E-state index contributed by atoms with van der Waals surface area (Å²) in [5.74, 6) is -1.28. The van der Waals surface area contributed by atoms with Gasteiger partial charge in [0, 0.05) is 13.1 Å². The van der Waals surface area contributed by atoms with Crippen molar-refractivity contribution in [1.29, 1.82) is 0 Å². The number of nitrogens with zero attached hydrogens (tertiary/aromatic N) is 3. The van der Waals surface area contributed by atoms with Gasteiger partial charge in [-0.1, -0.05) is 0 Å². The molecule has 0 saturated carbocycles. The van der Waals surface area contributed by atoms with E-state index in [1.54, 1.807) is 0 Å². The molecule has 80 valence electrons. The van der Waals surface area contributed by atoms with Crippen molar-refractivity contribution in [1.82, 2.24) is 9.97 Å². The lowest BCUT2D eigenvalue weighted by Crippen LogP contribution is -2.36. The summed E-state index contributed by atoms with van der Waals surface area (Å²) >= 11 is 0. The average Bonchev–Trinajstić information content (AvgIpc) is 2.30. The molecule has 6 nitrogen and oxygen atoms in total. The van der Waals surface area contributed by atoms with Gasteiger partial charge in [0.15, 0.2) is 0 Å². The highest BCUT2D eigenvalue weighted by Crippen LogP contribution is 2.12. The molecule has 0 amide bonds. The van der Waals surface area contributed by atoms with Gasteiger partial charge in [-0.3, -0.25) is 0 Å². The molecule has 0 aromatic carbocycles. The molecule has 1 aromatic heterocycles. The molecule has 1 N–H and O–H groups in total. The summed E-state index contributed by atoms with van der Waals surface area (Å²) < 4.78 is 5.21. The van der Waals surface area contributed by atoms with Crippen LogP contribution in [-0.2, 0) is 4.74 Å². The molecule has 0 bridgehead atoms. The largest absolute Gasteiger partial charge is 0.475 e. The molecule has 0 spiro atoms. The number of hydrogen-bond acceptors (Lipinski definition) is 5. The second kappa shape index (κ2) is 4.22. The van der Waals surface area contributed by atoms with E-state index in [2.05, 4.69) is 14.9 Å². The third-order valence-electron chi connectivity index (χ3n) is 2.21. The molecule has 0 unspecified atom stereocenters. The van der Waals surface area contributed by atoms with Crippen LogP contribution in [0.15, 0.2) is 12.4 Å². The standard InChI is InChI=1S/C9H11N3O3/c13-9(14)8-10-5-7(6-11-8)12-1-3-15-4-2-12/h5-6H,1-4H2,(H,13,14). The zero-order valence-corrected chi connectivity index (χ0v) is 8.09. The SMILES string of the molecule is O=C(O)c1ncc(N2CCOCC2)cn1. The Balaban J connectivity index is 2.11. The van der Waals surface area contributed by atoms with Gasteiger partial charge in [0.1, 0.15) is 0 Å². The lowest BCUT2D eigenvalue weighted by Gasteiger charge is -2.28. The van der Waals surface area contributed by atoms with E-state index in [9.17, 15) is 4.79 Å². The minimum Gasteiger partial charge on any atom is -0.475 e. The smallest absolute Gasteiger partial charge is 0.373 e. The first-order chi connectivity index (χ1) is 7.27. The van der Waals surface area contributed by atoms with Crippen molar-refractivity contribution in [2.45, 2.75) is 0 Å². The van der Waals surface area contributed by atoms with E-state index in [-0.39, 0.29) is 5.82 Å². The van der Waals surface area contributed by atoms with Crippen LogP contribution in [-0.4, -0.2) is 47.3 Å². The van der Waals surface area contributed by atoms with Gasteiger partial charge >= 0.3 is 5.97 Å². The van der Waals surface area contributed by atoms with Crippen LogP contribution in [0.5, 0.6) is 0 Å². The van der Waals surface area contributed by atoms with Gasteiger partial charge < -0.3 is 14.7 Å². The molecule has 2 heterocycles. The Morgan fingerprint density at radius 1 is 1.33 bits per heavy atom. The molecule has 0 radical (unpaired) electrons. The van der Waals surface area contributed by atoms with Crippen molar-refractivity contribution in [2.24, 2.45) is 0 Å². The topological polar surface area (TPSA) is 75.5 Å². The maximum atomic E-state index is 10.5. The highest BCUT2D eigenvalue weighted by atomic mass is 16.5. The maximum absolute atomic E-state index is 10.5. The summed E-state index contributed by atoms with van der Waals surface area (Å²) in [6.07, 6.45) is 3.06. The predicted octanol–water partition coefficient (Wildman–Crippen LogP) is 0.0114. The summed E-state index contributed by atoms with van der Waals surface area (Å²) in [5.41, 5.74) is 0.836. The molecular formula is C9H11N3O3. The monoisotopic (exact) mass is 209 g/mol. The third-order valence-corrected chi connectivity index (χ3v) is 2.21. The summed E-state index contributed by atoms with van der Waals surface area (Å²) in [7, 11) is 0. The van der Waals surface area contributed by atoms with Crippen LogP contribution in [0.1, 0.15) is 10.6 Å². The van der Waals surface area contributed by atoms with Crippen molar-refractivity contribution in [3.05, 3.63) is 18.2 Å². The van der Waals surface area contributed by atoms with Gasteiger partial charge in [-0.15, -0.1) is 0 Å². The first kappa shape index (κ1) is 9.85. The second-order valence-corrected chi connectivity index (χ2v) is 3.17. The molecule has 0 atom stereocenters. The predicted molar refractivity (Wildman–Crippen MR) is 52.0 cm³/mol. The molecular weight excluding hydrogens is 198 g/mol. The normalized spacial score (nSPS) is 16.4. The van der Waals surface area contributed by atoms with Crippen molar-refractivity contribution in [2.75, 3.05) is 31.2 Å². The fourth-order valence-corrected chi connectivity index (χ4v) is 1.42. The molecule has 2 rings (SSSR count). The van der Waals surface area contributed by atoms with E-state index in [0.717, 1.165) is 18.8 Å². The lowest BCUT2D eigenvalue weighted by molar-refractivity contribution is 0.0683. The Bertz CT molecular complexity index is 346. The molecule has 1 aromatic rings. The Hall–Kier alpha value is -1.69. The summed E-state index contributed by atoms with van der Waals surface area (Å²) in [6.45, 7) is 2.94. The first-order valence-corrected chi connectivity index (χ1v) is 4.65. The number of anilines is 1. The van der Waals surface area contributed by atoms with Crippen LogP contribution in [0.3, 0.4) is 0 Å². The van der Waals surface area contributed by atoms with E-state index in [1.807, 2.05) is 0 Å². The van der Waals surface area contributed by atoms with Crippen molar-refractivity contribution in [3.8, 4) is 0 Å². The van der Waals surface area contributed by atoms with Gasteiger partial charge in [0.05, 0.1) is 31.3 Å². The minimum absolute atomic E-state index is 0.174. The number of carboxylic acid groups (broad SMARTS) is 1. The maximum Gasteiger partial charge on any atom is 0.373 e. The summed E-state index contributed by atoms with van der Waals surface area (Å²) in [4.78, 5) is 20.1. The molecule has 0 aliphatic carbocycles. The molecule has 15 heavy (non-hydrogen) atoms. The Morgan fingerprint density at radius 2 is 1.93 bits per heavy atom. The van der Waals surface area contributed by atoms with E-state index in [1.165, 1.54) is 12.4 Å². The van der Waals surface area contributed by atoms with Crippen LogP contribution in [0.25, 0.3) is 0 Å². The second-order valence-electron chi connectivity index (χ2n) is 3.17. The van der Waals surface area contributed by atoms with E-state index >= 15 is 0 Å². The van der Waals surface area contributed by atoms with Crippen LogP contribution in [0, 0.1) is 0 Å². The fourth-order valence-electron chi connectivity index (χ4n) is 1.42. The number of aromatic nitrogens is 2. The van der Waals surface area contributed by atoms with Gasteiger partial charge in [0.25, 0.3) is 0 Å². The summed E-state index contributed by atoms with van der Waals surface area (Å²) in [6, 6.07) is 0. The zero-order valence-electron chi connectivity index (χ0n) is 8.09. The zero-order chi connectivity index (χ0) is 10.7. The molecule has 1 aliphatic heterocycles. The fraction of sp³-hybridized carbons (Fsp3) is 0.444. The number of carboxylic acids is 1. The summed E-state index contributed by atoms with van der Waals surface area (Å²) in [5, 5.41) is 8.63. The number of hydrogen-bond donors (Lipinski definition) is 1. The van der Waals surface area contributed by atoms with Gasteiger partial charge in [-0.2, -0.15) is 0 Å². The highest BCUT2D eigenvalue weighted by Gasteiger charge is 2.13. The Morgan fingerprint density at radius 3 is 2.47 bits per heavy atom. The lowest BCUT2D eigenvalue weighted by atomic mass is 10.3. The van der Waals surface area contributed by atoms with E-state index in [4.69, 9.17) is 9.84 Å². The van der Waals surface area contributed by atoms with Crippen LogP contribution >= 0.6 is 0 Å². The van der Waals surface area contributed by atoms with Crippen LogP contribution in [0.2, 0.25) is 0 Å². The molecule has 6 heteroatoms. The molecule has 1 aliphatic rings. The van der Waals surface area contributed by atoms with E-state index in [0.29, 0.717) is 13.2 Å². The van der Waals surface area contributed by atoms with Gasteiger partial charge in [0.2, 0.25) is 5.82 Å². The molecule has 1 saturated heterocycles. The third kappa shape index (κ3) is 2.21. The number of aromatic carboxylic acids is 1. The van der Waals surface area contributed by atoms with Crippen LogP contribution in [0.4, 0.5) is 5.69 Å². The minimum atomic E-state index is -1.11. The highest BCUT2D eigenvalue weighted by molar-refractivity contribution is 5.83.